The summed E-state index contributed by atoms with van der Waals surface area (Å²) >= 11 is 6.09. The van der Waals surface area contributed by atoms with Gasteiger partial charge in [0.2, 0.25) is 0 Å². The number of nitriles is 1. The highest BCUT2D eigenvalue weighted by atomic mass is 79.9. The largest absolute Gasteiger partial charge is 0.611 e. The van der Waals surface area contributed by atoms with Crippen LogP contribution in [0.2, 0.25) is 5.02 Å². The van der Waals surface area contributed by atoms with Crippen molar-refractivity contribution in [2.45, 2.75) is 20.6 Å². The fourth-order valence-corrected chi connectivity index (χ4v) is 6.60. The summed E-state index contributed by atoms with van der Waals surface area (Å²) in [5, 5.41) is 28.9. The summed E-state index contributed by atoms with van der Waals surface area (Å²) < 4.78 is 28.3. The average Bonchev–Trinajstić information content (AvgIpc) is 3.05. The minimum Gasteiger partial charge on any atom is -0.611 e. The molecule has 1 heterocycles. The molecule has 1 fully saturated rings. The molecule has 2 N–H and O–H groups in total. The van der Waals surface area contributed by atoms with Crippen LogP contribution in [0.15, 0.2) is 56.7 Å². The van der Waals surface area contributed by atoms with E-state index in [0.717, 1.165) is 4.47 Å². The van der Waals surface area contributed by atoms with E-state index in [-0.39, 0.29) is 23.0 Å². The molecular formula is C18H16BrClN2O4S2. The number of rotatable bonds is 5. The number of benzene rings is 2. The van der Waals surface area contributed by atoms with Crippen LogP contribution in [-0.4, -0.2) is 54.2 Å². The monoisotopic (exact) mass is 502 g/mol. The van der Waals surface area contributed by atoms with E-state index in [0.29, 0.717) is 10.5 Å². The fraction of sp³-hybridized carbons (Fsp3) is 0.278. The Kier molecular flexibility index (Phi) is 6.97. The first-order chi connectivity index (χ1) is 13.3. The Morgan fingerprint density at radius 1 is 1.29 bits per heavy atom. The minimum atomic E-state index is -1.75. The second kappa shape index (κ2) is 8.92. The van der Waals surface area contributed by atoms with E-state index in [9.17, 15) is 19.3 Å². The first-order valence-corrected chi connectivity index (χ1v) is 11.6. The normalized spacial score (nSPS) is 24.7. The Balaban J connectivity index is 1.85. The van der Waals surface area contributed by atoms with Crippen molar-refractivity contribution >= 4 is 50.1 Å². The third kappa shape index (κ3) is 4.36. The number of hydrogen-bond acceptors (Lipinski definition) is 6. The predicted octanol–water partition coefficient (Wildman–Crippen LogP) is 2.21. The van der Waals surface area contributed by atoms with E-state index in [4.69, 9.17) is 16.9 Å². The van der Waals surface area contributed by atoms with E-state index in [2.05, 4.69) is 15.9 Å². The van der Waals surface area contributed by atoms with Crippen LogP contribution in [0.1, 0.15) is 5.56 Å². The fourth-order valence-electron chi connectivity index (χ4n) is 2.96. The van der Waals surface area contributed by atoms with Crippen LogP contribution >= 0.6 is 27.5 Å². The molecule has 0 bridgehead atoms. The summed E-state index contributed by atoms with van der Waals surface area (Å²) in [5.41, 5.74) is -1.33. The summed E-state index contributed by atoms with van der Waals surface area (Å²) in [6.07, 6.45) is 0. The van der Waals surface area contributed by atoms with Crippen molar-refractivity contribution in [1.29, 1.82) is 5.26 Å². The lowest BCUT2D eigenvalue weighted by atomic mass is 10.1. The molecule has 2 aromatic rings. The Labute approximate surface area is 182 Å². The van der Waals surface area contributed by atoms with Crippen LogP contribution < -0.4 is 0 Å². The number of halogens is 2. The summed E-state index contributed by atoms with van der Waals surface area (Å²) in [7, 11) is 0. The molecule has 3 rings (SSSR count). The van der Waals surface area contributed by atoms with Crippen molar-refractivity contribution in [3.8, 4) is 6.07 Å². The van der Waals surface area contributed by atoms with Gasteiger partial charge in [-0.3, -0.25) is 0 Å². The molecule has 0 radical (unpaired) electrons. The van der Waals surface area contributed by atoms with Gasteiger partial charge in [-0.25, -0.2) is 0 Å². The molecule has 1 saturated heterocycles. The van der Waals surface area contributed by atoms with E-state index < -0.39 is 40.0 Å². The lowest BCUT2D eigenvalue weighted by Crippen LogP contribution is -2.49. The van der Waals surface area contributed by atoms with Gasteiger partial charge in [-0.1, -0.05) is 27.5 Å². The molecule has 0 aliphatic carbocycles. The second-order valence-electron chi connectivity index (χ2n) is 6.33. The van der Waals surface area contributed by atoms with Gasteiger partial charge in [0.25, 0.3) is 0 Å². The standard InChI is InChI=1S/C18H16BrClN2O4S2/c19-13-2-4-14(5-3-13)27(25)17-9-22(10-18(17,24)11-23)28(26)16-6-1-12(8-21)7-15(16)20/h1-7,17,23-24H,9-11H2/t17-,18?,27?,28?/m0/s1. The van der Waals surface area contributed by atoms with Crippen LogP contribution in [0.3, 0.4) is 0 Å². The highest BCUT2D eigenvalue weighted by Crippen LogP contribution is 2.36. The first kappa shape index (κ1) is 21.9. The summed E-state index contributed by atoms with van der Waals surface area (Å²) in [6.45, 7) is -0.698. The third-order valence-corrected chi connectivity index (χ3v) is 8.76. The van der Waals surface area contributed by atoms with Gasteiger partial charge in [-0.15, -0.1) is 4.31 Å². The molecule has 4 atom stereocenters. The Bertz CT molecular complexity index is 898. The Morgan fingerprint density at radius 3 is 2.54 bits per heavy atom. The van der Waals surface area contributed by atoms with Crippen molar-refractivity contribution in [2.75, 3.05) is 19.7 Å². The highest BCUT2D eigenvalue weighted by molar-refractivity contribution is 9.10. The minimum absolute atomic E-state index is 0.0443. The molecule has 148 valence electrons. The number of nitrogens with zero attached hydrogens (tertiary/aromatic N) is 2. The van der Waals surface area contributed by atoms with E-state index in [1.165, 1.54) is 22.5 Å². The van der Waals surface area contributed by atoms with Crippen LogP contribution in [0.25, 0.3) is 0 Å². The van der Waals surface area contributed by atoms with Crippen molar-refractivity contribution in [2.24, 2.45) is 0 Å². The zero-order chi connectivity index (χ0) is 20.5. The van der Waals surface area contributed by atoms with E-state index in [1.807, 2.05) is 6.07 Å². The molecular weight excluding hydrogens is 488 g/mol. The van der Waals surface area contributed by atoms with Gasteiger partial charge < -0.3 is 19.3 Å². The molecule has 3 unspecified atom stereocenters. The Hall–Kier alpha value is -0.800. The zero-order valence-electron chi connectivity index (χ0n) is 14.4. The molecule has 0 saturated carbocycles. The number of aliphatic hydroxyl groups excluding tert-OH is 1. The zero-order valence-corrected chi connectivity index (χ0v) is 18.4. The summed E-state index contributed by atoms with van der Waals surface area (Å²) in [4.78, 5) is 0.792. The number of β-amino-alcohol motifs (C(OH)–C–C–N with tert-alkyl or cyclic N) is 1. The van der Waals surface area contributed by atoms with E-state index >= 15 is 0 Å². The van der Waals surface area contributed by atoms with Gasteiger partial charge in [0.1, 0.15) is 0 Å². The van der Waals surface area contributed by atoms with Crippen LogP contribution in [0, 0.1) is 11.3 Å². The highest BCUT2D eigenvalue weighted by Gasteiger charge is 2.56. The van der Waals surface area contributed by atoms with Crippen LogP contribution in [-0.2, 0) is 22.5 Å². The van der Waals surface area contributed by atoms with Crippen molar-refractivity contribution in [1.82, 2.24) is 4.31 Å². The van der Waals surface area contributed by atoms with Crippen molar-refractivity contribution in [3.05, 3.63) is 57.5 Å². The molecule has 6 nitrogen and oxygen atoms in total. The van der Waals surface area contributed by atoms with Crippen molar-refractivity contribution in [3.63, 3.8) is 0 Å². The van der Waals surface area contributed by atoms with Gasteiger partial charge >= 0.3 is 0 Å². The average molecular weight is 504 g/mol. The summed E-state index contributed by atoms with van der Waals surface area (Å²) in [6, 6.07) is 13.2. The maximum Gasteiger partial charge on any atom is 0.192 e. The number of hydrogen-bond donors (Lipinski definition) is 2. The maximum absolute atomic E-state index is 13.0. The smallest absolute Gasteiger partial charge is 0.192 e. The van der Waals surface area contributed by atoms with Gasteiger partial charge in [-0.2, -0.15) is 5.26 Å². The van der Waals surface area contributed by atoms with Gasteiger partial charge in [-0.05, 0) is 53.6 Å². The lowest BCUT2D eigenvalue weighted by molar-refractivity contribution is 0.00159. The molecule has 0 amide bonds. The van der Waals surface area contributed by atoms with Crippen LogP contribution in [0.5, 0.6) is 0 Å². The third-order valence-electron chi connectivity index (χ3n) is 4.48. The molecule has 1 aliphatic rings. The number of aliphatic hydroxyl groups is 2. The molecule has 28 heavy (non-hydrogen) atoms. The molecule has 10 heteroatoms. The van der Waals surface area contributed by atoms with Gasteiger partial charge in [0.05, 0.1) is 47.7 Å². The van der Waals surface area contributed by atoms with Crippen molar-refractivity contribution < 1.29 is 19.3 Å². The molecule has 2 aromatic carbocycles. The second-order valence-corrected chi connectivity index (χ2v) is 10.7. The SMILES string of the molecule is N#Cc1ccc([S+]([O-])N2C[C@H]([S+]([O-])c3ccc(Br)cc3)C(O)(CO)C2)c(Cl)c1. The van der Waals surface area contributed by atoms with Gasteiger partial charge in [0, 0.05) is 4.47 Å². The predicted molar refractivity (Wildman–Crippen MR) is 111 cm³/mol. The molecule has 1 aliphatic heterocycles. The van der Waals surface area contributed by atoms with Gasteiger partial charge in [0.15, 0.2) is 20.6 Å². The lowest BCUT2D eigenvalue weighted by Gasteiger charge is -2.27. The maximum atomic E-state index is 13.0. The Morgan fingerprint density at radius 2 is 1.96 bits per heavy atom. The first-order valence-electron chi connectivity index (χ1n) is 8.15. The molecule has 0 spiro atoms. The quantitative estimate of drug-likeness (QED) is 0.605. The topological polar surface area (TPSA) is 114 Å². The summed E-state index contributed by atoms with van der Waals surface area (Å²) in [5.74, 6) is 0. The molecule has 0 aromatic heterocycles. The van der Waals surface area contributed by atoms with E-state index in [1.54, 1.807) is 24.3 Å². The van der Waals surface area contributed by atoms with Crippen LogP contribution in [0.4, 0.5) is 0 Å².